The van der Waals surface area contributed by atoms with Crippen molar-refractivity contribution < 1.29 is 9.53 Å². The molecule has 6 heteroatoms. The molecule has 0 bridgehead atoms. The number of hydrogen-bond donors (Lipinski definition) is 2. The van der Waals surface area contributed by atoms with Crippen LogP contribution in [0, 0.1) is 0 Å². The van der Waals surface area contributed by atoms with Gasteiger partial charge in [-0.1, -0.05) is 42.5 Å². The highest BCUT2D eigenvalue weighted by Crippen LogP contribution is 2.15. The smallest absolute Gasteiger partial charge is 0.258 e. The Labute approximate surface area is 157 Å². The Bertz CT molecular complexity index is 954. The minimum atomic E-state index is -0.173. The Morgan fingerprint density at radius 1 is 1.15 bits per heavy atom. The number of para-hydroxylation sites is 1. The van der Waals surface area contributed by atoms with Crippen LogP contribution in [0.3, 0.4) is 0 Å². The SMILES string of the molecule is COC(CNC(=O)CCCc1nc2ccccc2c(=O)[nH]1)c1ccccc1. The van der Waals surface area contributed by atoms with Crippen LogP contribution in [0.5, 0.6) is 0 Å². The summed E-state index contributed by atoms with van der Waals surface area (Å²) < 4.78 is 5.45. The van der Waals surface area contributed by atoms with Crippen LogP contribution in [-0.2, 0) is 16.0 Å². The molecular weight excluding hydrogens is 342 g/mol. The average Bonchev–Trinajstić information content (AvgIpc) is 2.69. The second-order valence-electron chi connectivity index (χ2n) is 6.32. The highest BCUT2D eigenvalue weighted by Gasteiger charge is 2.12. The van der Waals surface area contributed by atoms with E-state index in [1.54, 1.807) is 13.2 Å². The molecule has 1 aromatic heterocycles. The predicted molar refractivity (Wildman–Crippen MR) is 105 cm³/mol. The number of nitrogens with zero attached hydrogens (tertiary/aromatic N) is 1. The number of aromatic nitrogens is 2. The van der Waals surface area contributed by atoms with E-state index in [-0.39, 0.29) is 17.6 Å². The minimum Gasteiger partial charge on any atom is -0.375 e. The number of benzene rings is 2. The fraction of sp³-hybridized carbons (Fsp3) is 0.286. The first-order valence-electron chi connectivity index (χ1n) is 9.00. The van der Waals surface area contributed by atoms with Gasteiger partial charge in [-0.15, -0.1) is 0 Å². The lowest BCUT2D eigenvalue weighted by atomic mass is 10.1. The van der Waals surface area contributed by atoms with Crippen molar-refractivity contribution in [3.63, 3.8) is 0 Å². The summed E-state index contributed by atoms with van der Waals surface area (Å²) in [5.74, 6) is 0.557. The maximum Gasteiger partial charge on any atom is 0.258 e. The molecule has 1 atom stereocenters. The molecule has 6 nitrogen and oxygen atoms in total. The van der Waals surface area contributed by atoms with Gasteiger partial charge in [-0.3, -0.25) is 9.59 Å². The van der Waals surface area contributed by atoms with Crippen molar-refractivity contribution in [2.24, 2.45) is 0 Å². The molecule has 0 aliphatic rings. The van der Waals surface area contributed by atoms with Gasteiger partial charge in [0.1, 0.15) is 5.82 Å². The third-order valence-corrected chi connectivity index (χ3v) is 4.42. The van der Waals surface area contributed by atoms with Gasteiger partial charge in [0.15, 0.2) is 0 Å². The molecule has 140 valence electrons. The van der Waals surface area contributed by atoms with Gasteiger partial charge < -0.3 is 15.0 Å². The second kappa shape index (κ2) is 9.09. The van der Waals surface area contributed by atoms with Crippen LogP contribution in [0.4, 0.5) is 0 Å². The molecule has 0 saturated heterocycles. The fourth-order valence-electron chi connectivity index (χ4n) is 2.97. The molecule has 0 saturated carbocycles. The van der Waals surface area contributed by atoms with Crippen molar-refractivity contribution in [2.75, 3.05) is 13.7 Å². The van der Waals surface area contributed by atoms with E-state index in [0.29, 0.717) is 42.5 Å². The third-order valence-electron chi connectivity index (χ3n) is 4.42. The first-order chi connectivity index (χ1) is 13.2. The Morgan fingerprint density at radius 2 is 1.89 bits per heavy atom. The normalized spacial score (nSPS) is 12.0. The highest BCUT2D eigenvalue weighted by atomic mass is 16.5. The number of aromatic amines is 1. The zero-order valence-electron chi connectivity index (χ0n) is 15.3. The number of methoxy groups -OCH3 is 1. The summed E-state index contributed by atoms with van der Waals surface area (Å²) in [7, 11) is 1.63. The Balaban J connectivity index is 1.49. The summed E-state index contributed by atoms with van der Waals surface area (Å²) in [5.41, 5.74) is 1.55. The van der Waals surface area contributed by atoms with E-state index in [9.17, 15) is 9.59 Å². The van der Waals surface area contributed by atoms with Gasteiger partial charge in [0, 0.05) is 26.5 Å². The van der Waals surface area contributed by atoms with Crippen LogP contribution in [0.25, 0.3) is 10.9 Å². The van der Waals surface area contributed by atoms with Gasteiger partial charge in [-0.25, -0.2) is 4.98 Å². The molecule has 2 N–H and O–H groups in total. The number of amides is 1. The van der Waals surface area contributed by atoms with Crippen molar-refractivity contribution in [2.45, 2.75) is 25.4 Å². The largest absolute Gasteiger partial charge is 0.375 e. The molecule has 0 aliphatic heterocycles. The number of fused-ring (bicyclic) bond motifs is 1. The van der Waals surface area contributed by atoms with E-state index in [2.05, 4.69) is 15.3 Å². The lowest BCUT2D eigenvalue weighted by Gasteiger charge is -2.16. The van der Waals surface area contributed by atoms with Gasteiger partial charge in [0.25, 0.3) is 5.56 Å². The van der Waals surface area contributed by atoms with Crippen LogP contribution in [0.1, 0.15) is 30.3 Å². The fourth-order valence-corrected chi connectivity index (χ4v) is 2.97. The Morgan fingerprint density at radius 3 is 2.67 bits per heavy atom. The maximum absolute atomic E-state index is 12.1. The van der Waals surface area contributed by atoms with Crippen molar-refractivity contribution in [3.8, 4) is 0 Å². The number of nitrogens with one attached hydrogen (secondary N) is 2. The van der Waals surface area contributed by atoms with Crippen molar-refractivity contribution >= 4 is 16.8 Å². The van der Waals surface area contributed by atoms with E-state index in [0.717, 1.165) is 5.56 Å². The molecule has 3 aromatic rings. The number of carbonyl (C=O) groups is 1. The molecule has 1 amide bonds. The maximum atomic E-state index is 12.1. The molecule has 0 spiro atoms. The standard InChI is InChI=1S/C21H23N3O3/c1-27-18(15-8-3-2-4-9-15)14-22-20(25)13-7-12-19-23-17-11-6-5-10-16(17)21(26)24-19/h2-6,8-11,18H,7,12-14H2,1H3,(H,22,25)(H,23,24,26). The topological polar surface area (TPSA) is 84.1 Å². The molecule has 3 rings (SSSR count). The summed E-state index contributed by atoms with van der Waals surface area (Å²) in [5, 5.41) is 3.48. The number of H-pyrrole nitrogens is 1. The first kappa shape index (κ1) is 18.8. The molecule has 0 fully saturated rings. The van der Waals surface area contributed by atoms with Gasteiger partial charge >= 0.3 is 0 Å². The number of aryl methyl sites for hydroxylation is 1. The van der Waals surface area contributed by atoms with Crippen LogP contribution in [0.15, 0.2) is 59.4 Å². The predicted octanol–water partition coefficient (Wildman–Crippen LogP) is 2.75. The van der Waals surface area contributed by atoms with Crippen LogP contribution in [0.2, 0.25) is 0 Å². The summed E-state index contributed by atoms with van der Waals surface area (Å²) in [6.07, 6.45) is 1.34. The average molecular weight is 365 g/mol. The minimum absolute atomic E-state index is 0.0453. The van der Waals surface area contributed by atoms with Crippen LogP contribution in [-0.4, -0.2) is 29.5 Å². The highest BCUT2D eigenvalue weighted by molar-refractivity contribution is 5.77. The monoisotopic (exact) mass is 365 g/mol. The van der Waals surface area contributed by atoms with E-state index in [1.165, 1.54) is 0 Å². The molecular formula is C21H23N3O3. The summed E-state index contributed by atoms with van der Waals surface area (Å²) in [6.45, 7) is 0.421. The quantitative estimate of drug-likeness (QED) is 0.643. The molecule has 0 aliphatic carbocycles. The van der Waals surface area contributed by atoms with E-state index in [4.69, 9.17) is 4.74 Å². The number of rotatable bonds is 8. The van der Waals surface area contributed by atoms with E-state index in [1.807, 2.05) is 48.5 Å². The second-order valence-corrected chi connectivity index (χ2v) is 6.32. The Hall–Kier alpha value is -2.99. The van der Waals surface area contributed by atoms with Gasteiger partial charge in [-0.05, 0) is 24.1 Å². The molecule has 27 heavy (non-hydrogen) atoms. The molecule has 0 radical (unpaired) electrons. The van der Waals surface area contributed by atoms with E-state index >= 15 is 0 Å². The van der Waals surface area contributed by atoms with Gasteiger partial charge in [0.05, 0.1) is 17.0 Å². The lowest BCUT2D eigenvalue weighted by molar-refractivity contribution is -0.121. The van der Waals surface area contributed by atoms with Gasteiger partial charge in [-0.2, -0.15) is 0 Å². The summed E-state index contributed by atoms with van der Waals surface area (Å²) in [6, 6.07) is 17.0. The van der Waals surface area contributed by atoms with Crippen molar-refractivity contribution in [1.29, 1.82) is 0 Å². The third kappa shape index (κ3) is 5.01. The summed E-state index contributed by atoms with van der Waals surface area (Å²) in [4.78, 5) is 31.4. The van der Waals surface area contributed by atoms with Gasteiger partial charge in [0.2, 0.25) is 5.91 Å². The number of hydrogen-bond acceptors (Lipinski definition) is 4. The van der Waals surface area contributed by atoms with Crippen molar-refractivity contribution in [3.05, 3.63) is 76.3 Å². The molecule has 1 unspecified atom stereocenters. The zero-order chi connectivity index (χ0) is 19.1. The van der Waals surface area contributed by atoms with Crippen LogP contribution >= 0.6 is 0 Å². The molecule has 1 heterocycles. The lowest BCUT2D eigenvalue weighted by Crippen LogP contribution is -2.29. The summed E-state index contributed by atoms with van der Waals surface area (Å²) >= 11 is 0. The zero-order valence-corrected chi connectivity index (χ0v) is 15.3. The van der Waals surface area contributed by atoms with E-state index < -0.39 is 0 Å². The van der Waals surface area contributed by atoms with Crippen LogP contribution < -0.4 is 10.9 Å². The number of carbonyl (C=O) groups excluding carboxylic acids is 1. The molecule has 2 aromatic carbocycles. The van der Waals surface area contributed by atoms with Crippen molar-refractivity contribution in [1.82, 2.24) is 15.3 Å². The first-order valence-corrected chi connectivity index (χ1v) is 9.00. The Kier molecular flexibility index (Phi) is 6.33. The number of ether oxygens (including phenoxy) is 1.